The van der Waals surface area contributed by atoms with Crippen molar-refractivity contribution < 1.29 is 9.90 Å². The van der Waals surface area contributed by atoms with Crippen molar-refractivity contribution in [3.8, 4) is 0 Å². The van der Waals surface area contributed by atoms with E-state index < -0.39 is 6.09 Å². The van der Waals surface area contributed by atoms with Crippen molar-refractivity contribution in [2.24, 2.45) is 0 Å². The zero-order chi connectivity index (χ0) is 6.57. The smallest absolute Gasteiger partial charge is 0.136 e. The maximum Gasteiger partial charge on any atom is 0.136 e. The third-order valence-corrected chi connectivity index (χ3v) is 1.02. The highest BCUT2D eigenvalue weighted by molar-refractivity contribution is 5.62. The molecule has 0 rings (SSSR count). The van der Waals surface area contributed by atoms with E-state index in [1.807, 2.05) is 0 Å². The first kappa shape index (κ1) is 7.27. The minimum Gasteiger partial charge on any atom is -0.530 e. The van der Waals surface area contributed by atoms with Gasteiger partial charge in [-0.25, -0.2) is 0 Å². The van der Waals surface area contributed by atoms with Gasteiger partial charge in [-0.15, -0.1) is 0 Å². The molecule has 0 saturated carbocycles. The minimum atomic E-state index is -1.09. The fourth-order valence-electron chi connectivity index (χ4n) is 0.482. The zero-order valence-corrected chi connectivity index (χ0v) is 5.18. The topological polar surface area (TPSA) is 43.4 Å². The third kappa shape index (κ3) is 1.82. The molecule has 0 aliphatic heterocycles. The average Bonchev–Trinajstić information content (AvgIpc) is 1.69. The molecule has 3 heteroatoms. The molecule has 0 saturated heterocycles. The predicted octanol–water partition coefficient (Wildman–Crippen LogP) is -0.329. The number of carbonyl (C=O) groups excluding carboxylic acids is 1. The maximum absolute atomic E-state index is 9.98. The number of hydrogen-bond donors (Lipinski definition) is 0. The molecule has 0 N–H and O–H groups in total. The molecule has 0 fully saturated rings. The molecule has 0 aromatic rings. The summed E-state index contributed by atoms with van der Waals surface area (Å²) in [6, 6.07) is 0. The van der Waals surface area contributed by atoms with Gasteiger partial charge in [0.15, 0.2) is 0 Å². The van der Waals surface area contributed by atoms with Gasteiger partial charge in [-0.05, 0) is 13.8 Å². The monoisotopic (exact) mass is 116 g/mol. The van der Waals surface area contributed by atoms with Gasteiger partial charge >= 0.3 is 0 Å². The molecule has 0 bridgehead atoms. The Kier molecular flexibility index (Phi) is 2.99. The van der Waals surface area contributed by atoms with Crippen molar-refractivity contribution >= 4 is 6.09 Å². The Balaban J connectivity index is 3.52. The van der Waals surface area contributed by atoms with Crippen LogP contribution < -0.4 is 5.11 Å². The summed E-state index contributed by atoms with van der Waals surface area (Å²) in [5.74, 6) is 0. The van der Waals surface area contributed by atoms with E-state index in [4.69, 9.17) is 0 Å². The van der Waals surface area contributed by atoms with Gasteiger partial charge in [-0.2, -0.15) is 0 Å². The van der Waals surface area contributed by atoms with Gasteiger partial charge in [0.2, 0.25) is 0 Å². The van der Waals surface area contributed by atoms with Gasteiger partial charge in [0.1, 0.15) is 6.09 Å². The summed E-state index contributed by atoms with van der Waals surface area (Å²) in [7, 11) is 0. The van der Waals surface area contributed by atoms with Crippen LogP contribution in [-0.4, -0.2) is 24.1 Å². The number of rotatable bonds is 2. The lowest BCUT2D eigenvalue weighted by Gasteiger charge is -2.20. The van der Waals surface area contributed by atoms with E-state index in [1.54, 1.807) is 13.8 Å². The van der Waals surface area contributed by atoms with E-state index in [2.05, 4.69) is 0 Å². The quantitative estimate of drug-likeness (QED) is 0.496. The molecule has 48 valence electrons. The molecule has 0 aromatic carbocycles. The van der Waals surface area contributed by atoms with E-state index >= 15 is 0 Å². The van der Waals surface area contributed by atoms with Crippen LogP contribution in [0.2, 0.25) is 0 Å². The van der Waals surface area contributed by atoms with Crippen molar-refractivity contribution in [2.45, 2.75) is 13.8 Å². The summed E-state index contributed by atoms with van der Waals surface area (Å²) in [4.78, 5) is 11.2. The number of carboxylic acid groups (broad SMARTS) is 1. The molecule has 0 heterocycles. The van der Waals surface area contributed by atoms with E-state index in [0.717, 1.165) is 0 Å². The molecule has 0 spiro atoms. The van der Waals surface area contributed by atoms with Crippen LogP contribution in [0.25, 0.3) is 0 Å². The van der Waals surface area contributed by atoms with E-state index in [1.165, 1.54) is 4.90 Å². The molecule has 0 aromatic heterocycles. The fraction of sp³-hybridized carbons (Fsp3) is 0.800. The van der Waals surface area contributed by atoms with E-state index in [-0.39, 0.29) is 0 Å². The van der Waals surface area contributed by atoms with E-state index in [9.17, 15) is 9.90 Å². The third-order valence-electron chi connectivity index (χ3n) is 1.02. The van der Waals surface area contributed by atoms with Crippen LogP contribution in [0.15, 0.2) is 0 Å². The predicted molar refractivity (Wildman–Crippen MR) is 28.3 cm³/mol. The van der Waals surface area contributed by atoms with Gasteiger partial charge in [0, 0.05) is 13.1 Å². The second kappa shape index (κ2) is 3.29. The van der Waals surface area contributed by atoms with Crippen LogP contribution in [0.3, 0.4) is 0 Å². The van der Waals surface area contributed by atoms with Gasteiger partial charge in [0.25, 0.3) is 0 Å². The van der Waals surface area contributed by atoms with Crippen LogP contribution in [0.1, 0.15) is 13.8 Å². The van der Waals surface area contributed by atoms with Crippen LogP contribution >= 0.6 is 0 Å². The van der Waals surface area contributed by atoms with Gasteiger partial charge in [-0.3, -0.25) is 0 Å². The van der Waals surface area contributed by atoms with Crippen molar-refractivity contribution in [1.29, 1.82) is 0 Å². The summed E-state index contributed by atoms with van der Waals surface area (Å²) in [5.41, 5.74) is 0. The molecule has 0 unspecified atom stereocenters. The molecule has 0 aliphatic rings. The Morgan fingerprint density at radius 3 is 1.88 bits per heavy atom. The molecule has 1 amide bonds. The summed E-state index contributed by atoms with van der Waals surface area (Å²) < 4.78 is 0. The molecule has 0 aliphatic carbocycles. The number of hydrogen-bond acceptors (Lipinski definition) is 2. The zero-order valence-electron chi connectivity index (χ0n) is 5.18. The number of nitrogens with zero attached hydrogens (tertiary/aromatic N) is 1. The first-order chi connectivity index (χ1) is 3.72. The first-order valence-electron chi connectivity index (χ1n) is 2.68. The molecular weight excluding hydrogens is 106 g/mol. The highest BCUT2D eigenvalue weighted by Crippen LogP contribution is 1.82. The standard InChI is InChI=1S/C5H11NO2/c1-3-6(4-2)5(7)8/h3-4H2,1-2H3,(H,7,8)/p-1. The molecule has 0 radical (unpaired) electrons. The SMILES string of the molecule is CCN(CC)C(=O)[O-]. The normalized spacial score (nSPS) is 8.75. The number of carbonyl (C=O) groups is 1. The lowest BCUT2D eigenvalue weighted by molar-refractivity contribution is -0.265. The molecule has 8 heavy (non-hydrogen) atoms. The van der Waals surface area contributed by atoms with Gasteiger partial charge < -0.3 is 14.8 Å². The summed E-state index contributed by atoms with van der Waals surface area (Å²) in [5, 5.41) is 9.98. The minimum absolute atomic E-state index is 0.513. The summed E-state index contributed by atoms with van der Waals surface area (Å²) in [6.07, 6.45) is -1.09. The first-order valence-corrected chi connectivity index (χ1v) is 2.68. The van der Waals surface area contributed by atoms with Crippen molar-refractivity contribution in [2.75, 3.05) is 13.1 Å². The fourth-order valence-corrected chi connectivity index (χ4v) is 0.482. The second-order valence-corrected chi connectivity index (χ2v) is 1.44. The van der Waals surface area contributed by atoms with E-state index in [0.29, 0.717) is 13.1 Å². The Labute approximate surface area is 48.9 Å². The maximum atomic E-state index is 9.98. The van der Waals surface area contributed by atoms with Gasteiger partial charge in [0.05, 0.1) is 0 Å². The Hall–Kier alpha value is -0.730. The van der Waals surface area contributed by atoms with Crippen molar-refractivity contribution in [1.82, 2.24) is 4.90 Å². The highest BCUT2D eigenvalue weighted by Gasteiger charge is 1.93. The average molecular weight is 116 g/mol. The number of amides is 1. The highest BCUT2D eigenvalue weighted by atomic mass is 16.4. The van der Waals surface area contributed by atoms with Crippen LogP contribution in [0.5, 0.6) is 0 Å². The second-order valence-electron chi connectivity index (χ2n) is 1.44. The van der Waals surface area contributed by atoms with Gasteiger partial charge in [-0.1, -0.05) is 0 Å². The molecule has 0 atom stereocenters. The summed E-state index contributed by atoms with van der Waals surface area (Å²) >= 11 is 0. The molecule has 3 nitrogen and oxygen atoms in total. The lowest BCUT2D eigenvalue weighted by atomic mass is 10.6. The Morgan fingerprint density at radius 2 is 1.88 bits per heavy atom. The van der Waals surface area contributed by atoms with Crippen LogP contribution in [-0.2, 0) is 0 Å². The largest absolute Gasteiger partial charge is 0.530 e. The summed E-state index contributed by atoms with van der Waals surface area (Å²) in [6.45, 7) is 4.58. The van der Waals surface area contributed by atoms with Crippen LogP contribution in [0, 0.1) is 0 Å². The lowest BCUT2D eigenvalue weighted by Crippen LogP contribution is -2.40. The van der Waals surface area contributed by atoms with Crippen LogP contribution in [0.4, 0.5) is 4.79 Å². The Morgan fingerprint density at radius 1 is 1.50 bits per heavy atom. The van der Waals surface area contributed by atoms with Crippen molar-refractivity contribution in [3.05, 3.63) is 0 Å². The van der Waals surface area contributed by atoms with Crippen molar-refractivity contribution in [3.63, 3.8) is 0 Å². The Bertz CT molecular complexity index is 78.5. The molecular formula is C5H10NO2-.